The van der Waals surface area contributed by atoms with E-state index in [2.05, 4.69) is 10.0 Å². The van der Waals surface area contributed by atoms with Crippen molar-refractivity contribution in [3.63, 3.8) is 0 Å². The summed E-state index contributed by atoms with van der Waals surface area (Å²) in [6.45, 7) is 2.35. The van der Waals surface area contributed by atoms with E-state index in [1.54, 1.807) is 6.08 Å². The van der Waals surface area contributed by atoms with Gasteiger partial charge in [0.2, 0.25) is 0 Å². The number of hydrogen-bond donors (Lipinski definition) is 0. The number of azide groups is 1. The highest BCUT2D eigenvalue weighted by atomic mass is 15.1. The summed E-state index contributed by atoms with van der Waals surface area (Å²) in [6.07, 6.45) is 3.63. The number of allylic oxidation sites excluding steroid dienone is 1. The van der Waals surface area contributed by atoms with Crippen molar-refractivity contribution in [1.29, 1.82) is 0 Å². The van der Waals surface area contributed by atoms with E-state index in [4.69, 9.17) is 5.53 Å². The van der Waals surface area contributed by atoms with Gasteiger partial charge in [-0.15, -0.1) is 0 Å². The zero-order valence-electron chi connectivity index (χ0n) is 4.20. The molecule has 0 aliphatic carbocycles. The SMILES string of the molecule is C/C=C\CN=[N+]=[N-]. The first-order chi connectivity index (χ1) is 3.41. The Morgan fingerprint density at radius 2 is 2.57 bits per heavy atom. The molecular formula is C4H7N3. The van der Waals surface area contributed by atoms with Gasteiger partial charge in [-0.2, -0.15) is 0 Å². The molecule has 0 radical (unpaired) electrons. The Kier molecular flexibility index (Phi) is 4.36. The average molecular weight is 97.1 g/mol. The summed E-state index contributed by atoms with van der Waals surface area (Å²) in [7, 11) is 0. The first-order valence-corrected chi connectivity index (χ1v) is 2.04. The lowest BCUT2D eigenvalue weighted by Gasteiger charge is -1.68. The minimum Gasteiger partial charge on any atom is -0.0915 e. The van der Waals surface area contributed by atoms with Gasteiger partial charge in [0.1, 0.15) is 0 Å². The molecule has 0 N–H and O–H groups in total. The van der Waals surface area contributed by atoms with Crippen molar-refractivity contribution in [3.8, 4) is 0 Å². The first kappa shape index (κ1) is 6.05. The van der Waals surface area contributed by atoms with Crippen molar-refractivity contribution >= 4 is 0 Å². The van der Waals surface area contributed by atoms with E-state index in [9.17, 15) is 0 Å². The Morgan fingerprint density at radius 1 is 1.86 bits per heavy atom. The maximum absolute atomic E-state index is 7.72. The van der Waals surface area contributed by atoms with E-state index in [1.165, 1.54) is 0 Å². The second-order valence-corrected chi connectivity index (χ2v) is 0.982. The molecule has 0 spiro atoms. The van der Waals surface area contributed by atoms with Crippen LogP contribution in [0.4, 0.5) is 0 Å². The molecule has 0 saturated carbocycles. The second-order valence-electron chi connectivity index (χ2n) is 0.982. The van der Waals surface area contributed by atoms with Gasteiger partial charge in [0.15, 0.2) is 0 Å². The van der Waals surface area contributed by atoms with E-state index in [0.29, 0.717) is 6.54 Å². The Bertz CT molecular complexity index is 99.5. The van der Waals surface area contributed by atoms with E-state index < -0.39 is 0 Å². The minimum absolute atomic E-state index is 0.465. The molecule has 0 atom stereocenters. The maximum atomic E-state index is 7.72. The first-order valence-electron chi connectivity index (χ1n) is 2.04. The summed E-state index contributed by atoms with van der Waals surface area (Å²) >= 11 is 0. The van der Waals surface area contributed by atoms with Gasteiger partial charge in [0.05, 0.1) is 0 Å². The lowest BCUT2D eigenvalue weighted by molar-refractivity contribution is 1.21. The molecule has 0 aromatic rings. The molecule has 0 aliphatic heterocycles. The Morgan fingerprint density at radius 3 is 3.00 bits per heavy atom. The van der Waals surface area contributed by atoms with Crippen LogP contribution in [0.3, 0.4) is 0 Å². The van der Waals surface area contributed by atoms with Crippen molar-refractivity contribution < 1.29 is 0 Å². The van der Waals surface area contributed by atoms with Gasteiger partial charge in [0.25, 0.3) is 0 Å². The number of nitrogens with zero attached hydrogens (tertiary/aromatic N) is 3. The Hall–Kier alpha value is -0.950. The topological polar surface area (TPSA) is 48.8 Å². The largest absolute Gasteiger partial charge is 0.0915 e. The van der Waals surface area contributed by atoms with Gasteiger partial charge in [0, 0.05) is 11.5 Å². The minimum atomic E-state index is 0.465. The van der Waals surface area contributed by atoms with Crippen molar-refractivity contribution in [2.24, 2.45) is 5.11 Å². The van der Waals surface area contributed by atoms with Crippen molar-refractivity contribution in [3.05, 3.63) is 22.6 Å². The summed E-state index contributed by atoms with van der Waals surface area (Å²) in [6, 6.07) is 0. The van der Waals surface area contributed by atoms with Crippen LogP contribution in [0.5, 0.6) is 0 Å². The molecule has 0 saturated heterocycles. The fourth-order valence-corrected chi connectivity index (χ4v) is 0.189. The molecule has 0 rings (SSSR count). The van der Waals surface area contributed by atoms with Crippen LogP contribution in [0, 0.1) is 0 Å². The van der Waals surface area contributed by atoms with Gasteiger partial charge in [-0.05, 0) is 12.5 Å². The molecule has 0 bridgehead atoms. The van der Waals surface area contributed by atoms with Crippen LogP contribution in [-0.2, 0) is 0 Å². The highest BCUT2D eigenvalue weighted by Gasteiger charge is 1.61. The van der Waals surface area contributed by atoms with Gasteiger partial charge in [-0.1, -0.05) is 17.3 Å². The predicted octanol–water partition coefficient (Wildman–Crippen LogP) is 1.87. The molecule has 3 heteroatoms. The van der Waals surface area contributed by atoms with E-state index in [1.807, 2.05) is 13.0 Å². The molecule has 0 unspecified atom stereocenters. The third kappa shape index (κ3) is 5.05. The second kappa shape index (κ2) is 5.05. The van der Waals surface area contributed by atoms with E-state index in [0.717, 1.165) is 0 Å². The summed E-state index contributed by atoms with van der Waals surface area (Å²) in [5, 5.41) is 3.26. The van der Waals surface area contributed by atoms with Crippen LogP contribution in [0.25, 0.3) is 10.4 Å². The molecule has 0 heterocycles. The van der Waals surface area contributed by atoms with Crippen LogP contribution in [0.2, 0.25) is 0 Å². The van der Waals surface area contributed by atoms with Gasteiger partial charge >= 0.3 is 0 Å². The molecule has 0 aliphatic rings. The summed E-state index contributed by atoms with van der Waals surface area (Å²) < 4.78 is 0. The summed E-state index contributed by atoms with van der Waals surface area (Å²) in [5.41, 5.74) is 7.72. The molecule has 0 aromatic heterocycles. The normalized spacial score (nSPS) is 8.71. The van der Waals surface area contributed by atoms with Crippen LogP contribution in [0.1, 0.15) is 6.92 Å². The van der Waals surface area contributed by atoms with E-state index in [-0.39, 0.29) is 0 Å². The quantitative estimate of drug-likeness (QED) is 0.218. The fraction of sp³-hybridized carbons (Fsp3) is 0.500. The van der Waals surface area contributed by atoms with Gasteiger partial charge in [-0.3, -0.25) is 0 Å². The molecule has 0 aromatic carbocycles. The Labute approximate surface area is 42.3 Å². The van der Waals surface area contributed by atoms with Crippen LogP contribution < -0.4 is 0 Å². The zero-order chi connectivity index (χ0) is 5.54. The lowest BCUT2D eigenvalue weighted by Crippen LogP contribution is -1.61. The number of hydrogen-bond acceptors (Lipinski definition) is 1. The maximum Gasteiger partial charge on any atom is 0.0440 e. The fourth-order valence-electron chi connectivity index (χ4n) is 0.189. The molecule has 3 nitrogen and oxygen atoms in total. The zero-order valence-corrected chi connectivity index (χ0v) is 4.20. The monoisotopic (exact) mass is 97.1 g/mol. The average Bonchev–Trinajstić information content (AvgIpc) is 1.69. The third-order valence-corrected chi connectivity index (χ3v) is 0.486. The van der Waals surface area contributed by atoms with Crippen molar-refractivity contribution in [2.75, 3.05) is 6.54 Å². The highest BCUT2D eigenvalue weighted by molar-refractivity contribution is 4.78. The van der Waals surface area contributed by atoms with Gasteiger partial charge < -0.3 is 0 Å². The lowest BCUT2D eigenvalue weighted by atomic mass is 10.5. The number of rotatable bonds is 2. The predicted molar refractivity (Wildman–Crippen MR) is 28.8 cm³/mol. The van der Waals surface area contributed by atoms with Crippen LogP contribution in [-0.4, -0.2) is 6.54 Å². The van der Waals surface area contributed by atoms with Crippen LogP contribution in [0.15, 0.2) is 17.3 Å². The summed E-state index contributed by atoms with van der Waals surface area (Å²) in [4.78, 5) is 2.55. The van der Waals surface area contributed by atoms with Gasteiger partial charge in [-0.25, -0.2) is 0 Å². The highest BCUT2D eigenvalue weighted by Crippen LogP contribution is 1.72. The van der Waals surface area contributed by atoms with Crippen molar-refractivity contribution in [1.82, 2.24) is 0 Å². The van der Waals surface area contributed by atoms with E-state index >= 15 is 0 Å². The van der Waals surface area contributed by atoms with Crippen LogP contribution >= 0.6 is 0 Å². The molecule has 0 amide bonds. The standard InChI is InChI=1S/C4H7N3/c1-2-3-4-6-7-5/h2-3H,4H2,1H3/b3-2-. The molecule has 0 fully saturated rings. The van der Waals surface area contributed by atoms with Crippen molar-refractivity contribution in [2.45, 2.75) is 6.92 Å². The molecular weight excluding hydrogens is 90.1 g/mol. The molecule has 38 valence electrons. The molecule has 7 heavy (non-hydrogen) atoms. The Balaban J connectivity index is 3.15. The summed E-state index contributed by atoms with van der Waals surface area (Å²) in [5.74, 6) is 0. The smallest absolute Gasteiger partial charge is 0.0440 e. The third-order valence-electron chi connectivity index (χ3n) is 0.486.